The third-order valence-corrected chi connectivity index (χ3v) is 2.83. The summed E-state index contributed by atoms with van der Waals surface area (Å²) in [5.41, 5.74) is 11.8. The lowest BCUT2D eigenvalue weighted by Gasteiger charge is -2.30. The first kappa shape index (κ1) is 13.9. The van der Waals surface area contributed by atoms with Crippen molar-refractivity contribution in [2.24, 2.45) is 5.73 Å². The van der Waals surface area contributed by atoms with Crippen LogP contribution in [-0.2, 0) is 10.3 Å². The van der Waals surface area contributed by atoms with Gasteiger partial charge in [0.2, 0.25) is 0 Å². The van der Waals surface area contributed by atoms with Crippen LogP contribution in [0.25, 0.3) is 0 Å². The molecule has 0 bridgehead atoms. The highest BCUT2D eigenvalue weighted by molar-refractivity contribution is 5.47. The van der Waals surface area contributed by atoms with Crippen LogP contribution in [0.4, 0.5) is 5.82 Å². The number of pyridine rings is 1. The summed E-state index contributed by atoms with van der Waals surface area (Å²) < 4.78 is 5.09. The highest BCUT2D eigenvalue weighted by Crippen LogP contribution is 2.32. The van der Waals surface area contributed by atoms with E-state index >= 15 is 0 Å². The molecule has 0 aliphatic rings. The third-order valence-electron chi connectivity index (χ3n) is 2.83. The molecule has 5 heteroatoms. The minimum Gasteiger partial charge on any atom is -0.383 e. The normalized spacial score (nSPS) is 14.6. The molecule has 1 unspecified atom stereocenters. The van der Waals surface area contributed by atoms with Crippen molar-refractivity contribution >= 4 is 5.82 Å². The van der Waals surface area contributed by atoms with Gasteiger partial charge in [0.15, 0.2) is 0 Å². The molecule has 0 amide bonds. The summed E-state index contributed by atoms with van der Waals surface area (Å²) in [7, 11) is 1.55. The van der Waals surface area contributed by atoms with Gasteiger partial charge < -0.3 is 21.3 Å². The van der Waals surface area contributed by atoms with E-state index in [9.17, 15) is 5.11 Å². The molecule has 1 atom stereocenters. The van der Waals surface area contributed by atoms with Gasteiger partial charge in [-0.2, -0.15) is 0 Å². The van der Waals surface area contributed by atoms with Gasteiger partial charge in [-0.25, -0.2) is 4.98 Å². The maximum absolute atomic E-state index is 10.7. The Hall–Kier alpha value is -1.17. The molecule has 0 spiro atoms. The highest BCUT2D eigenvalue weighted by atomic mass is 16.5. The van der Waals surface area contributed by atoms with E-state index in [1.54, 1.807) is 13.3 Å². The number of rotatable bonds is 6. The Balaban J connectivity index is 3.12. The van der Waals surface area contributed by atoms with Crippen LogP contribution < -0.4 is 11.5 Å². The monoisotopic (exact) mass is 239 g/mol. The van der Waals surface area contributed by atoms with Crippen molar-refractivity contribution in [1.29, 1.82) is 0 Å². The van der Waals surface area contributed by atoms with E-state index in [0.717, 1.165) is 5.56 Å². The van der Waals surface area contributed by atoms with Crippen LogP contribution in [0.15, 0.2) is 12.3 Å². The number of nitrogens with zero attached hydrogens (tertiary/aromatic N) is 1. The van der Waals surface area contributed by atoms with Crippen molar-refractivity contribution in [1.82, 2.24) is 4.98 Å². The van der Waals surface area contributed by atoms with E-state index < -0.39 is 5.60 Å². The molecule has 96 valence electrons. The summed E-state index contributed by atoms with van der Waals surface area (Å²) >= 11 is 0. The Morgan fingerprint density at radius 3 is 2.76 bits per heavy atom. The number of hydrogen-bond acceptors (Lipinski definition) is 5. The molecule has 5 nitrogen and oxygen atoms in total. The van der Waals surface area contributed by atoms with E-state index in [2.05, 4.69) is 4.98 Å². The molecular weight excluding hydrogens is 218 g/mol. The molecule has 0 saturated heterocycles. The number of anilines is 1. The van der Waals surface area contributed by atoms with Gasteiger partial charge in [0.05, 0.1) is 6.61 Å². The molecule has 0 aromatic carbocycles. The number of methoxy groups -OCH3 is 1. The number of nitrogens with two attached hydrogens (primary N) is 2. The first-order chi connectivity index (χ1) is 8.05. The van der Waals surface area contributed by atoms with Crippen molar-refractivity contribution in [3.8, 4) is 0 Å². The van der Waals surface area contributed by atoms with Crippen LogP contribution in [0.3, 0.4) is 0 Å². The first-order valence-corrected chi connectivity index (χ1v) is 5.68. The second-order valence-electron chi connectivity index (χ2n) is 4.24. The summed E-state index contributed by atoms with van der Waals surface area (Å²) in [6.07, 6.45) is 2.84. The summed E-state index contributed by atoms with van der Waals surface area (Å²) in [6.45, 7) is 2.60. The van der Waals surface area contributed by atoms with Gasteiger partial charge >= 0.3 is 0 Å². The summed E-state index contributed by atoms with van der Waals surface area (Å²) in [5, 5.41) is 10.7. The summed E-state index contributed by atoms with van der Waals surface area (Å²) in [4.78, 5) is 4.03. The quantitative estimate of drug-likeness (QED) is 0.673. The predicted molar refractivity (Wildman–Crippen MR) is 67.4 cm³/mol. The molecule has 0 saturated carbocycles. The summed E-state index contributed by atoms with van der Waals surface area (Å²) in [5.74, 6) is 0.349. The van der Waals surface area contributed by atoms with Crippen molar-refractivity contribution < 1.29 is 9.84 Å². The lowest BCUT2D eigenvalue weighted by molar-refractivity contribution is -0.0430. The van der Waals surface area contributed by atoms with Crippen molar-refractivity contribution in [3.05, 3.63) is 23.4 Å². The maximum Gasteiger partial charge on any atom is 0.129 e. The number of aryl methyl sites for hydroxylation is 1. The average Bonchev–Trinajstić information content (AvgIpc) is 2.26. The molecule has 17 heavy (non-hydrogen) atoms. The van der Waals surface area contributed by atoms with Gasteiger partial charge in [0.1, 0.15) is 11.4 Å². The molecule has 0 aliphatic carbocycles. The molecule has 1 rings (SSSR count). The van der Waals surface area contributed by atoms with E-state index in [1.807, 2.05) is 13.0 Å². The Kier molecular flexibility index (Phi) is 4.86. The Morgan fingerprint density at radius 1 is 1.53 bits per heavy atom. The molecule has 1 heterocycles. The smallest absolute Gasteiger partial charge is 0.129 e. The Labute approximate surface area is 102 Å². The van der Waals surface area contributed by atoms with Gasteiger partial charge in [0, 0.05) is 18.9 Å². The third kappa shape index (κ3) is 3.15. The minimum atomic E-state index is -1.11. The second kappa shape index (κ2) is 5.95. The van der Waals surface area contributed by atoms with E-state index in [4.69, 9.17) is 16.2 Å². The molecule has 1 aromatic rings. The number of aliphatic hydroxyl groups is 1. The highest BCUT2D eigenvalue weighted by Gasteiger charge is 2.32. The largest absolute Gasteiger partial charge is 0.383 e. The maximum atomic E-state index is 10.7. The second-order valence-corrected chi connectivity index (χ2v) is 4.24. The van der Waals surface area contributed by atoms with Crippen molar-refractivity contribution in [3.63, 3.8) is 0 Å². The lowest BCUT2D eigenvalue weighted by atomic mass is 9.87. The van der Waals surface area contributed by atoms with Gasteiger partial charge in [-0.15, -0.1) is 0 Å². The van der Waals surface area contributed by atoms with Crippen LogP contribution in [0.5, 0.6) is 0 Å². The zero-order valence-corrected chi connectivity index (χ0v) is 10.4. The molecule has 0 fully saturated rings. The van der Waals surface area contributed by atoms with Crippen LogP contribution in [-0.4, -0.2) is 30.4 Å². The topological polar surface area (TPSA) is 94.4 Å². The van der Waals surface area contributed by atoms with Gasteiger partial charge in [0.25, 0.3) is 0 Å². The summed E-state index contributed by atoms with van der Waals surface area (Å²) in [6, 6.07) is 1.83. The van der Waals surface area contributed by atoms with Crippen molar-refractivity contribution in [2.45, 2.75) is 25.4 Å². The van der Waals surface area contributed by atoms with Crippen LogP contribution in [0.1, 0.15) is 24.0 Å². The molecule has 0 radical (unpaired) electrons. The zero-order chi connectivity index (χ0) is 12.9. The molecule has 5 N–H and O–H groups in total. The number of nitrogen functional groups attached to an aromatic ring is 1. The Bertz CT molecular complexity index is 351. The fourth-order valence-corrected chi connectivity index (χ4v) is 2.09. The van der Waals surface area contributed by atoms with Crippen molar-refractivity contribution in [2.75, 3.05) is 26.0 Å². The van der Waals surface area contributed by atoms with Gasteiger partial charge in [-0.3, -0.25) is 0 Å². The zero-order valence-electron chi connectivity index (χ0n) is 10.4. The number of aromatic nitrogens is 1. The van der Waals surface area contributed by atoms with E-state index in [1.165, 1.54) is 0 Å². The molecule has 1 aromatic heterocycles. The number of ether oxygens (including phenoxy) is 1. The predicted octanol–water partition coefficient (Wildman–Crippen LogP) is 0.545. The Morgan fingerprint density at radius 2 is 2.24 bits per heavy atom. The number of hydrogen-bond donors (Lipinski definition) is 3. The first-order valence-electron chi connectivity index (χ1n) is 5.68. The average molecular weight is 239 g/mol. The fraction of sp³-hybridized carbons (Fsp3) is 0.583. The molecular formula is C12H21N3O2. The van der Waals surface area contributed by atoms with E-state index in [0.29, 0.717) is 30.8 Å². The minimum absolute atomic E-state index is 0.184. The fourth-order valence-electron chi connectivity index (χ4n) is 2.09. The standard InChI is InChI=1S/C12H21N3O2/c1-9-4-7-15-11(14)10(9)12(16,8-17-2)5-3-6-13/h4,7,16H,3,5-6,8,13H2,1-2H3,(H2,14,15). The van der Waals surface area contributed by atoms with Crippen LogP contribution in [0.2, 0.25) is 0 Å². The molecule has 0 aliphatic heterocycles. The van der Waals surface area contributed by atoms with E-state index in [-0.39, 0.29) is 6.61 Å². The lowest BCUT2D eigenvalue weighted by Crippen LogP contribution is -2.34. The van der Waals surface area contributed by atoms with Gasteiger partial charge in [-0.05, 0) is 37.9 Å². The van der Waals surface area contributed by atoms with Crippen LogP contribution in [0, 0.1) is 6.92 Å². The SMILES string of the molecule is COCC(O)(CCCN)c1c(C)ccnc1N. The van der Waals surface area contributed by atoms with Gasteiger partial charge in [-0.1, -0.05) is 0 Å². The van der Waals surface area contributed by atoms with Crippen LogP contribution >= 0.6 is 0 Å².